The van der Waals surface area contributed by atoms with Crippen molar-refractivity contribution in [2.75, 3.05) is 6.54 Å². The Morgan fingerprint density at radius 2 is 2.05 bits per heavy atom. The van der Waals surface area contributed by atoms with Crippen LogP contribution in [0.15, 0.2) is 46.9 Å². The molecule has 0 saturated heterocycles. The molecule has 2 aromatic rings. The molecule has 1 nitrogen and oxygen atoms in total. The molecular formula is C16H15BrFN. The molecule has 3 heteroatoms. The zero-order chi connectivity index (χ0) is 13.2. The molecule has 0 amide bonds. The zero-order valence-electron chi connectivity index (χ0n) is 10.5. The molecule has 1 N–H and O–H groups in total. The lowest BCUT2D eigenvalue weighted by atomic mass is 9.77. The smallest absolute Gasteiger partial charge is 0.137 e. The summed E-state index contributed by atoms with van der Waals surface area (Å²) in [4.78, 5) is 0. The highest BCUT2D eigenvalue weighted by Gasteiger charge is 2.24. The first-order chi connectivity index (χ1) is 9.24. The molecule has 0 fully saturated rings. The van der Waals surface area contributed by atoms with Gasteiger partial charge in [-0.1, -0.05) is 30.3 Å². The van der Waals surface area contributed by atoms with Crippen LogP contribution in [0.3, 0.4) is 0 Å². The molecule has 0 saturated carbocycles. The predicted molar refractivity (Wildman–Crippen MR) is 78.7 cm³/mol. The maximum Gasteiger partial charge on any atom is 0.137 e. The first-order valence-corrected chi connectivity index (χ1v) is 7.26. The maximum atomic E-state index is 13.4. The van der Waals surface area contributed by atoms with Gasteiger partial charge in [-0.15, -0.1) is 0 Å². The summed E-state index contributed by atoms with van der Waals surface area (Å²) in [6.45, 7) is 1.66. The maximum absolute atomic E-state index is 13.4. The predicted octanol–water partition coefficient (Wildman–Crippen LogP) is 4.02. The highest BCUT2D eigenvalue weighted by Crippen LogP contribution is 2.34. The summed E-state index contributed by atoms with van der Waals surface area (Å²) in [5.74, 6) is 0.407. The summed E-state index contributed by atoms with van der Waals surface area (Å²) in [6.07, 6.45) is 1.15. The van der Waals surface area contributed by atoms with E-state index in [1.165, 1.54) is 11.1 Å². The largest absolute Gasteiger partial charge is 0.312 e. The average molecular weight is 320 g/mol. The second-order valence-electron chi connectivity index (χ2n) is 4.98. The summed E-state index contributed by atoms with van der Waals surface area (Å²) >= 11 is 3.16. The van der Waals surface area contributed by atoms with Crippen LogP contribution < -0.4 is 5.32 Å². The molecule has 3 rings (SSSR count). The summed E-state index contributed by atoms with van der Waals surface area (Å²) in [5.41, 5.74) is 3.90. The lowest BCUT2D eigenvalue weighted by Gasteiger charge is -2.30. The molecule has 19 heavy (non-hydrogen) atoms. The lowest BCUT2D eigenvalue weighted by molar-refractivity contribution is 0.534. The van der Waals surface area contributed by atoms with Crippen molar-refractivity contribution in [1.82, 2.24) is 5.32 Å². The summed E-state index contributed by atoms with van der Waals surface area (Å²) in [6, 6.07) is 13.8. The van der Waals surface area contributed by atoms with Crippen LogP contribution in [0.4, 0.5) is 4.39 Å². The quantitative estimate of drug-likeness (QED) is 0.897. The number of halogens is 2. The number of hydrogen-bond donors (Lipinski definition) is 1. The molecule has 0 radical (unpaired) electrons. The Hall–Kier alpha value is -1.19. The van der Waals surface area contributed by atoms with Gasteiger partial charge in [-0.05, 0) is 51.2 Å². The molecule has 1 unspecified atom stereocenters. The van der Waals surface area contributed by atoms with Gasteiger partial charge in [-0.3, -0.25) is 0 Å². The lowest BCUT2D eigenvalue weighted by Crippen LogP contribution is -2.28. The number of fused-ring (bicyclic) bond motifs is 1. The molecule has 0 bridgehead atoms. The monoisotopic (exact) mass is 319 g/mol. The molecule has 1 aliphatic rings. The van der Waals surface area contributed by atoms with Crippen molar-refractivity contribution in [2.24, 2.45) is 0 Å². The second-order valence-corrected chi connectivity index (χ2v) is 5.83. The van der Waals surface area contributed by atoms with E-state index in [9.17, 15) is 4.39 Å². The Bertz CT molecular complexity index is 597. The van der Waals surface area contributed by atoms with Gasteiger partial charge in [-0.2, -0.15) is 0 Å². The highest BCUT2D eigenvalue weighted by molar-refractivity contribution is 9.10. The van der Waals surface area contributed by atoms with Gasteiger partial charge in [0.25, 0.3) is 0 Å². The molecule has 0 spiro atoms. The van der Waals surface area contributed by atoms with Gasteiger partial charge in [0, 0.05) is 19.0 Å². The number of rotatable bonds is 4. The van der Waals surface area contributed by atoms with E-state index in [1.54, 1.807) is 12.1 Å². The SMILES string of the molecule is Fc1cc(CNCC2Cc3ccccc32)ccc1Br. The number of hydrogen-bond acceptors (Lipinski definition) is 1. The van der Waals surface area contributed by atoms with E-state index in [2.05, 4.69) is 45.5 Å². The highest BCUT2D eigenvalue weighted by atomic mass is 79.9. The van der Waals surface area contributed by atoms with Crippen molar-refractivity contribution in [1.29, 1.82) is 0 Å². The van der Waals surface area contributed by atoms with Crippen LogP contribution >= 0.6 is 15.9 Å². The van der Waals surface area contributed by atoms with E-state index < -0.39 is 0 Å². The molecule has 1 atom stereocenters. The Morgan fingerprint density at radius 3 is 2.84 bits per heavy atom. The Labute approximate surface area is 121 Å². The molecule has 0 heterocycles. The third-order valence-corrected chi connectivity index (χ3v) is 4.31. The Balaban J connectivity index is 1.53. The fraction of sp³-hybridized carbons (Fsp3) is 0.250. The average Bonchev–Trinajstić information content (AvgIpc) is 2.39. The molecule has 1 aliphatic carbocycles. The standard InChI is InChI=1S/C16H15BrFN/c17-15-6-5-11(7-16(15)18)9-19-10-13-8-12-3-1-2-4-14(12)13/h1-7,13,19H,8-10H2. The minimum absolute atomic E-state index is 0.201. The van der Waals surface area contributed by atoms with Crippen LogP contribution in [-0.2, 0) is 13.0 Å². The van der Waals surface area contributed by atoms with Gasteiger partial charge in [0.1, 0.15) is 5.82 Å². The topological polar surface area (TPSA) is 12.0 Å². The first-order valence-electron chi connectivity index (χ1n) is 6.46. The molecule has 0 aliphatic heterocycles. The van der Waals surface area contributed by atoms with E-state index in [1.807, 2.05) is 6.07 Å². The van der Waals surface area contributed by atoms with Gasteiger partial charge in [-0.25, -0.2) is 4.39 Å². The van der Waals surface area contributed by atoms with Crippen LogP contribution in [0.1, 0.15) is 22.6 Å². The van der Waals surface area contributed by atoms with E-state index in [0.717, 1.165) is 18.5 Å². The number of nitrogens with one attached hydrogen (secondary N) is 1. The van der Waals surface area contributed by atoms with Crippen LogP contribution in [0.2, 0.25) is 0 Å². The Kier molecular flexibility index (Phi) is 3.67. The molecule has 98 valence electrons. The van der Waals surface area contributed by atoms with Crippen LogP contribution in [0, 0.1) is 5.82 Å². The van der Waals surface area contributed by atoms with Crippen molar-refractivity contribution in [3.63, 3.8) is 0 Å². The van der Waals surface area contributed by atoms with Gasteiger partial charge in [0.2, 0.25) is 0 Å². The van der Waals surface area contributed by atoms with Crippen molar-refractivity contribution < 1.29 is 4.39 Å². The molecule has 2 aromatic carbocycles. The minimum atomic E-state index is -0.201. The fourth-order valence-corrected chi connectivity index (χ4v) is 2.83. The third-order valence-electron chi connectivity index (χ3n) is 3.67. The van der Waals surface area contributed by atoms with E-state index in [0.29, 0.717) is 16.9 Å². The fourth-order valence-electron chi connectivity index (χ4n) is 2.59. The Morgan fingerprint density at radius 1 is 1.21 bits per heavy atom. The van der Waals surface area contributed by atoms with Crippen LogP contribution in [0.25, 0.3) is 0 Å². The van der Waals surface area contributed by atoms with Gasteiger partial charge < -0.3 is 5.32 Å². The first kappa shape index (κ1) is 12.8. The van der Waals surface area contributed by atoms with Crippen molar-refractivity contribution >= 4 is 15.9 Å². The van der Waals surface area contributed by atoms with E-state index >= 15 is 0 Å². The summed E-state index contributed by atoms with van der Waals surface area (Å²) in [5, 5.41) is 3.41. The van der Waals surface area contributed by atoms with E-state index in [-0.39, 0.29) is 5.82 Å². The summed E-state index contributed by atoms with van der Waals surface area (Å²) < 4.78 is 13.9. The van der Waals surface area contributed by atoms with Gasteiger partial charge >= 0.3 is 0 Å². The van der Waals surface area contributed by atoms with Crippen molar-refractivity contribution in [2.45, 2.75) is 18.9 Å². The van der Waals surface area contributed by atoms with Crippen LogP contribution in [-0.4, -0.2) is 6.54 Å². The minimum Gasteiger partial charge on any atom is -0.312 e. The zero-order valence-corrected chi connectivity index (χ0v) is 12.1. The van der Waals surface area contributed by atoms with Crippen molar-refractivity contribution in [3.8, 4) is 0 Å². The van der Waals surface area contributed by atoms with E-state index in [4.69, 9.17) is 0 Å². The third kappa shape index (κ3) is 2.72. The normalized spacial score (nSPS) is 16.8. The van der Waals surface area contributed by atoms with Crippen molar-refractivity contribution in [3.05, 3.63) is 69.4 Å². The number of benzene rings is 2. The van der Waals surface area contributed by atoms with Gasteiger partial charge in [0.05, 0.1) is 4.47 Å². The molecule has 0 aromatic heterocycles. The second kappa shape index (κ2) is 5.43. The molecular weight excluding hydrogens is 305 g/mol. The van der Waals surface area contributed by atoms with Gasteiger partial charge in [0.15, 0.2) is 0 Å². The summed E-state index contributed by atoms with van der Waals surface area (Å²) in [7, 11) is 0. The van der Waals surface area contributed by atoms with Crippen LogP contribution in [0.5, 0.6) is 0 Å².